The van der Waals surface area contributed by atoms with E-state index in [1.54, 1.807) is 7.11 Å². The molecule has 1 N–H and O–H groups in total. The highest BCUT2D eigenvalue weighted by Crippen LogP contribution is 2.27. The van der Waals surface area contributed by atoms with Gasteiger partial charge in [0.1, 0.15) is 5.75 Å². The van der Waals surface area contributed by atoms with Crippen LogP contribution < -0.4 is 4.74 Å². The number of unbranched alkanes of at least 4 members (excludes halogenated alkanes) is 2. The van der Waals surface area contributed by atoms with E-state index < -0.39 is 12.1 Å². The van der Waals surface area contributed by atoms with Crippen LogP contribution in [0.5, 0.6) is 5.75 Å². The van der Waals surface area contributed by atoms with Crippen LogP contribution in [0.3, 0.4) is 0 Å². The number of rotatable bonds is 9. The topological polar surface area (TPSA) is 64.4 Å². The molecule has 184 valence electrons. The predicted octanol–water partition coefficient (Wildman–Crippen LogP) is 6.82. The maximum Gasteiger partial charge on any atom is 0.490 e. The summed E-state index contributed by atoms with van der Waals surface area (Å²) in [7, 11) is 1.73. The summed E-state index contributed by atoms with van der Waals surface area (Å²) < 4.78 is 39.5. The Morgan fingerprint density at radius 3 is 2.44 bits per heavy atom. The van der Waals surface area contributed by atoms with Gasteiger partial charge in [-0.3, -0.25) is 0 Å². The van der Waals surface area contributed by atoms with Crippen molar-refractivity contribution in [2.75, 3.05) is 7.11 Å². The molecule has 0 unspecified atom stereocenters. The molecule has 0 aliphatic heterocycles. The Hall–Kier alpha value is -3.00. The van der Waals surface area contributed by atoms with Crippen molar-refractivity contribution >= 4 is 17.6 Å². The molecule has 5 nitrogen and oxygen atoms in total. The van der Waals surface area contributed by atoms with Crippen LogP contribution in [-0.4, -0.2) is 33.9 Å². The minimum Gasteiger partial charge on any atom is -0.496 e. The molecule has 0 radical (unpaired) electrons. The highest BCUT2D eigenvalue weighted by molar-refractivity contribution is 6.30. The van der Waals surface area contributed by atoms with E-state index in [4.69, 9.17) is 31.2 Å². The van der Waals surface area contributed by atoms with Crippen LogP contribution in [0.1, 0.15) is 37.4 Å². The molecule has 0 amide bonds. The van der Waals surface area contributed by atoms with Gasteiger partial charge in [-0.2, -0.15) is 13.2 Å². The number of para-hydroxylation sites is 1. The molecule has 9 heteroatoms. The molecule has 3 aromatic rings. The Balaban J connectivity index is 0.000000509. The van der Waals surface area contributed by atoms with Gasteiger partial charge in [0, 0.05) is 22.8 Å². The molecular weight excluding hydrogens is 469 g/mol. The van der Waals surface area contributed by atoms with Crippen molar-refractivity contribution in [2.24, 2.45) is 0 Å². The van der Waals surface area contributed by atoms with Crippen molar-refractivity contribution in [2.45, 2.75) is 51.7 Å². The third-order valence-electron chi connectivity index (χ3n) is 5.12. The zero-order valence-corrected chi connectivity index (χ0v) is 19.9. The second-order valence-electron chi connectivity index (χ2n) is 7.57. The number of hydrogen-bond acceptors (Lipinski definition) is 3. The number of benzene rings is 2. The summed E-state index contributed by atoms with van der Waals surface area (Å²) in [5.41, 5.74) is 4.65. The Bertz CT molecular complexity index is 1070. The van der Waals surface area contributed by atoms with Crippen molar-refractivity contribution in [3.05, 3.63) is 71.1 Å². The van der Waals surface area contributed by atoms with Gasteiger partial charge in [-0.05, 0) is 43.0 Å². The molecule has 2 aromatic carbocycles. The maximum absolute atomic E-state index is 10.6. The second-order valence-corrected chi connectivity index (χ2v) is 8.00. The highest BCUT2D eigenvalue weighted by atomic mass is 35.5. The molecule has 0 atom stereocenters. The minimum atomic E-state index is -5.08. The van der Waals surface area contributed by atoms with E-state index in [-0.39, 0.29) is 0 Å². The highest BCUT2D eigenvalue weighted by Gasteiger charge is 2.38. The lowest BCUT2D eigenvalue weighted by Crippen LogP contribution is -2.21. The predicted molar refractivity (Wildman–Crippen MR) is 126 cm³/mol. The summed E-state index contributed by atoms with van der Waals surface area (Å²) in [4.78, 5) is 13.6. The summed E-state index contributed by atoms with van der Waals surface area (Å²) in [5.74, 6) is -1.81. The monoisotopic (exact) mass is 496 g/mol. The molecule has 0 fully saturated rings. The summed E-state index contributed by atoms with van der Waals surface area (Å²) in [6.07, 6.45) is 2.43. The Morgan fingerprint density at radius 2 is 1.82 bits per heavy atom. The molecule has 0 bridgehead atoms. The van der Waals surface area contributed by atoms with E-state index in [1.165, 1.54) is 30.5 Å². The van der Waals surface area contributed by atoms with Crippen molar-refractivity contribution in [1.29, 1.82) is 0 Å². The van der Waals surface area contributed by atoms with Crippen LogP contribution in [0, 0.1) is 0 Å². The first-order valence-electron chi connectivity index (χ1n) is 10.9. The fourth-order valence-electron chi connectivity index (χ4n) is 3.43. The Kier molecular flexibility index (Phi) is 10.4. The lowest BCUT2D eigenvalue weighted by atomic mass is 10.1. The fourth-order valence-corrected chi connectivity index (χ4v) is 3.62. The number of aliphatic carboxylic acids is 1. The number of ether oxygens (including phenoxy) is 1. The van der Waals surface area contributed by atoms with Gasteiger partial charge in [0.25, 0.3) is 0 Å². The van der Waals surface area contributed by atoms with Gasteiger partial charge in [-0.1, -0.05) is 61.7 Å². The van der Waals surface area contributed by atoms with E-state index in [9.17, 15) is 13.2 Å². The van der Waals surface area contributed by atoms with Crippen molar-refractivity contribution in [1.82, 2.24) is 9.55 Å². The van der Waals surface area contributed by atoms with Crippen LogP contribution in [0.15, 0.2) is 54.9 Å². The molecule has 0 saturated carbocycles. The SMILES string of the molecule is CCCCCc1c(-c2cccc(Cl)c2)ncn1CCc1ccccc1OC.O=C(O)C(F)(F)F. The number of methoxy groups -OCH3 is 1. The van der Waals surface area contributed by atoms with Crippen LogP contribution >= 0.6 is 11.6 Å². The summed E-state index contributed by atoms with van der Waals surface area (Å²) in [6, 6.07) is 16.2. The van der Waals surface area contributed by atoms with Gasteiger partial charge in [0.05, 0.1) is 19.1 Å². The van der Waals surface area contributed by atoms with E-state index in [1.807, 2.05) is 36.7 Å². The number of halogens is 4. The van der Waals surface area contributed by atoms with E-state index in [0.29, 0.717) is 0 Å². The molecule has 0 aliphatic rings. The third-order valence-corrected chi connectivity index (χ3v) is 5.35. The second kappa shape index (κ2) is 13.0. The van der Waals surface area contributed by atoms with Gasteiger partial charge >= 0.3 is 12.1 Å². The van der Waals surface area contributed by atoms with Gasteiger partial charge in [-0.25, -0.2) is 9.78 Å². The van der Waals surface area contributed by atoms with Crippen LogP contribution in [0.2, 0.25) is 5.02 Å². The van der Waals surface area contributed by atoms with Gasteiger partial charge in [0.2, 0.25) is 0 Å². The lowest BCUT2D eigenvalue weighted by Gasteiger charge is -2.12. The Labute approximate surface area is 202 Å². The number of alkyl halides is 3. The van der Waals surface area contributed by atoms with Crippen molar-refractivity contribution in [3.8, 4) is 17.0 Å². The number of carboxylic acid groups (broad SMARTS) is 1. The lowest BCUT2D eigenvalue weighted by molar-refractivity contribution is -0.192. The number of carbonyl (C=O) groups is 1. The van der Waals surface area contributed by atoms with E-state index >= 15 is 0 Å². The number of carboxylic acids is 1. The van der Waals surface area contributed by atoms with Crippen LogP contribution in [0.25, 0.3) is 11.3 Å². The smallest absolute Gasteiger partial charge is 0.490 e. The first kappa shape index (κ1) is 27.2. The first-order valence-corrected chi connectivity index (χ1v) is 11.3. The van der Waals surface area contributed by atoms with Gasteiger partial charge in [0.15, 0.2) is 0 Å². The van der Waals surface area contributed by atoms with E-state index in [2.05, 4.69) is 29.7 Å². The number of hydrogen-bond donors (Lipinski definition) is 1. The molecule has 1 aromatic heterocycles. The molecule has 0 aliphatic carbocycles. The fraction of sp³-hybridized carbons (Fsp3) is 0.360. The molecule has 0 saturated heterocycles. The van der Waals surface area contributed by atoms with Gasteiger partial charge in [-0.15, -0.1) is 0 Å². The molecule has 1 heterocycles. The van der Waals surface area contributed by atoms with Crippen LogP contribution in [-0.2, 0) is 24.2 Å². The van der Waals surface area contributed by atoms with Crippen molar-refractivity contribution in [3.63, 3.8) is 0 Å². The summed E-state index contributed by atoms with van der Waals surface area (Å²) >= 11 is 6.21. The van der Waals surface area contributed by atoms with Crippen molar-refractivity contribution < 1.29 is 27.8 Å². The number of nitrogens with zero attached hydrogens (tertiary/aromatic N) is 2. The maximum atomic E-state index is 10.6. The average molecular weight is 497 g/mol. The quantitative estimate of drug-likeness (QED) is 0.330. The van der Waals surface area contributed by atoms with Gasteiger partial charge < -0.3 is 14.4 Å². The third kappa shape index (κ3) is 8.09. The van der Waals surface area contributed by atoms with E-state index in [0.717, 1.165) is 41.4 Å². The normalized spacial score (nSPS) is 11.0. The zero-order valence-electron chi connectivity index (χ0n) is 19.1. The number of aryl methyl sites for hydroxylation is 2. The average Bonchev–Trinajstić information content (AvgIpc) is 3.20. The summed E-state index contributed by atoms with van der Waals surface area (Å²) in [5, 5.41) is 7.87. The molecule has 0 spiro atoms. The van der Waals surface area contributed by atoms with Crippen LogP contribution in [0.4, 0.5) is 13.2 Å². The first-order chi connectivity index (χ1) is 16.2. The number of aromatic nitrogens is 2. The molecule has 34 heavy (non-hydrogen) atoms. The zero-order chi connectivity index (χ0) is 25.1. The minimum absolute atomic E-state index is 0.746. The standard InChI is InChI=1S/C23H27ClN2O.C2HF3O2/c1-3-4-5-12-21-23(19-10-8-11-20(24)16-19)25-17-26(21)15-14-18-9-6-7-13-22(18)27-2;3-2(4,5)1(6)7/h6-11,13,16-17H,3-5,12,14-15H2,1-2H3;(H,6,7). The molecular formula is C25H28ClF3N2O3. The number of imidazole rings is 1. The Morgan fingerprint density at radius 1 is 1.12 bits per heavy atom. The molecule has 3 rings (SSSR count). The summed E-state index contributed by atoms with van der Waals surface area (Å²) in [6.45, 7) is 3.12. The largest absolute Gasteiger partial charge is 0.496 e.